The highest BCUT2D eigenvalue weighted by Crippen LogP contribution is 2.10. The van der Waals surface area contributed by atoms with Crippen molar-refractivity contribution >= 4 is 0 Å². The highest BCUT2D eigenvalue weighted by molar-refractivity contribution is 5.25. The van der Waals surface area contributed by atoms with Crippen LogP contribution in [-0.4, -0.2) is 9.55 Å². The third-order valence-electron chi connectivity index (χ3n) is 2.68. The molecular weight excluding hydrogens is 198 g/mol. The summed E-state index contributed by atoms with van der Waals surface area (Å²) in [6, 6.07) is 8.51. The molecule has 0 aliphatic heterocycles. The van der Waals surface area contributed by atoms with Gasteiger partial charge in [0, 0.05) is 26.2 Å². The van der Waals surface area contributed by atoms with Gasteiger partial charge >= 0.3 is 0 Å². The number of benzene rings is 1. The van der Waals surface area contributed by atoms with E-state index in [2.05, 4.69) is 36.2 Å². The van der Waals surface area contributed by atoms with Crippen LogP contribution in [0.1, 0.15) is 22.6 Å². The van der Waals surface area contributed by atoms with Crippen LogP contribution in [0.5, 0.6) is 0 Å². The zero-order valence-corrected chi connectivity index (χ0v) is 9.77. The van der Waals surface area contributed by atoms with Crippen molar-refractivity contribution in [2.24, 2.45) is 12.8 Å². The van der Waals surface area contributed by atoms with Gasteiger partial charge < -0.3 is 10.3 Å². The molecule has 0 amide bonds. The van der Waals surface area contributed by atoms with E-state index in [4.69, 9.17) is 5.73 Å². The minimum absolute atomic E-state index is 0.502. The number of nitrogens with two attached hydrogens (primary N) is 1. The summed E-state index contributed by atoms with van der Waals surface area (Å²) in [5.41, 5.74) is 9.10. The maximum absolute atomic E-state index is 5.57. The first-order chi connectivity index (χ1) is 7.69. The molecular formula is C13H17N3. The van der Waals surface area contributed by atoms with Gasteiger partial charge in [0.15, 0.2) is 0 Å². The smallest absolute Gasteiger partial charge is 0.113 e. The van der Waals surface area contributed by atoms with Crippen LogP contribution in [0, 0.1) is 6.92 Å². The molecule has 0 saturated carbocycles. The highest BCUT2D eigenvalue weighted by atomic mass is 15.0. The van der Waals surface area contributed by atoms with Gasteiger partial charge in [-0.3, -0.25) is 0 Å². The van der Waals surface area contributed by atoms with E-state index < -0.39 is 0 Å². The second-order valence-electron chi connectivity index (χ2n) is 4.13. The quantitative estimate of drug-likeness (QED) is 0.848. The van der Waals surface area contributed by atoms with Gasteiger partial charge in [-0.2, -0.15) is 0 Å². The first-order valence-electron chi connectivity index (χ1n) is 5.46. The Morgan fingerprint density at radius 3 is 2.81 bits per heavy atom. The van der Waals surface area contributed by atoms with Gasteiger partial charge in [-0.05, 0) is 12.5 Å². The molecule has 2 aromatic rings. The Balaban J connectivity index is 2.23. The standard InChI is InChI=1S/C13H17N3/c1-10-4-3-5-11(6-10)7-13-15-12(8-14)9-16(13)2/h3-6,9H,7-8,14H2,1-2H3. The lowest BCUT2D eigenvalue weighted by Gasteiger charge is -2.02. The van der Waals surface area contributed by atoms with Crippen molar-refractivity contribution < 1.29 is 0 Å². The lowest BCUT2D eigenvalue weighted by atomic mass is 10.1. The summed E-state index contributed by atoms with van der Waals surface area (Å²) >= 11 is 0. The average Bonchev–Trinajstić information content (AvgIpc) is 2.60. The maximum atomic E-state index is 5.57. The summed E-state index contributed by atoms with van der Waals surface area (Å²) in [6.45, 7) is 2.61. The Morgan fingerprint density at radius 1 is 1.38 bits per heavy atom. The Hall–Kier alpha value is -1.61. The molecule has 0 spiro atoms. The number of rotatable bonds is 3. The summed E-state index contributed by atoms with van der Waals surface area (Å²) in [7, 11) is 2.01. The SMILES string of the molecule is Cc1cccc(Cc2nc(CN)cn2C)c1. The average molecular weight is 215 g/mol. The van der Waals surface area contributed by atoms with Crippen LogP contribution in [0.4, 0.5) is 0 Å². The lowest BCUT2D eigenvalue weighted by Crippen LogP contribution is -1.99. The number of nitrogens with zero attached hydrogens (tertiary/aromatic N) is 2. The molecule has 1 heterocycles. The topological polar surface area (TPSA) is 43.8 Å². The summed E-state index contributed by atoms with van der Waals surface area (Å²) in [6.07, 6.45) is 2.85. The predicted octanol–water partition coefficient (Wildman–Crippen LogP) is 1.78. The van der Waals surface area contributed by atoms with E-state index in [0.717, 1.165) is 17.9 Å². The fraction of sp³-hybridized carbons (Fsp3) is 0.308. The summed E-state index contributed by atoms with van der Waals surface area (Å²) in [5, 5.41) is 0. The molecule has 1 aromatic carbocycles. The second-order valence-corrected chi connectivity index (χ2v) is 4.13. The third-order valence-corrected chi connectivity index (χ3v) is 2.68. The van der Waals surface area contributed by atoms with Crippen LogP contribution in [0.15, 0.2) is 30.5 Å². The molecule has 0 aliphatic carbocycles. The first kappa shape index (κ1) is 10.9. The van der Waals surface area contributed by atoms with Gasteiger partial charge in [0.1, 0.15) is 5.82 Å². The van der Waals surface area contributed by atoms with Crippen molar-refractivity contribution in [1.82, 2.24) is 9.55 Å². The van der Waals surface area contributed by atoms with Gasteiger partial charge in [-0.1, -0.05) is 29.8 Å². The van der Waals surface area contributed by atoms with Crippen molar-refractivity contribution in [3.05, 3.63) is 53.1 Å². The predicted molar refractivity (Wildman–Crippen MR) is 65.1 cm³/mol. The molecule has 0 bridgehead atoms. The summed E-state index contributed by atoms with van der Waals surface area (Å²) < 4.78 is 2.05. The number of imidazole rings is 1. The Labute approximate surface area is 95.9 Å². The number of hydrogen-bond donors (Lipinski definition) is 1. The van der Waals surface area contributed by atoms with Crippen molar-refractivity contribution in [3.63, 3.8) is 0 Å². The van der Waals surface area contributed by atoms with Gasteiger partial charge in [0.25, 0.3) is 0 Å². The fourth-order valence-electron chi connectivity index (χ4n) is 1.84. The van der Waals surface area contributed by atoms with Crippen molar-refractivity contribution in [1.29, 1.82) is 0 Å². The van der Waals surface area contributed by atoms with Crippen LogP contribution in [0.25, 0.3) is 0 Å². The molecule has 16 heavy (non-hydrogen) atoms. The molecule has 84 valence electrons. The first-order valence-corrected chi connectivity index (χ1v) is 5.46. The molecule has 1 aromatic heterocycles. The Morgan fingerprint density at radius 2 is 2.19 bits per heavy atom. The molecule has 0 fully saturated rings. The van der Waals surface area contributed by atoms with Gasteiger partial charge in [0.2, 0.25) is 0 Å². The molecule has 0 saturated heterocycles. The minimum Gasteiger partial charge on any atom is -0.337 e. The van der Waals surface area contributed by atoms with Crippen molar-refractivity contribution in [3.8, 4) is 0 Å². The van der Waals surface area contributed by atoms with E-state index in [1.807, 2.05) is 17.8 Å². The molecule has 0 aliphatic rings. The van der Waals surface area contributed by atoms with Crippen LogP contribution in [-0.2, 0) is 20.0 Å². The number of aromatic nitrogens is 2. The van der Waals surface area contributed by atoms with Gasteiger partial charge in [0.05, 0.1) is 5.69 Å². The van der Waals surface area contributed by atoms with Crippen LogP contribution in [0.3, 0.4) is 0 Å². The van der Waals surface area contributed by atoms with Crippen LogP contribution >= 0.6 is 0 Å². The van der Waals surface area contributed by atoms with Gasteiger partial charge in [-0.15, -0.1) is 0 Å². The molecule has 3 heteroatoms. The van der Waals surface area contributed by atoms with E-state index in [0.29, 0.717) is 6.54 Å². The van der Waals surface area contributed by atoms with Crippen molar-refractivity contribution in [2.75, 3.05) is 0 Å². The van der Waals surface area contributed by atoms with Crippen molar-refractivity contribution in [2.45, 2.75) is 19.9 Å². The van der Waals surface area contributed by atoms with E-state index in [-0.39, 0.29) is 0 Å². The van der Waals surface area contributed by atoms with E-state index >= 15 is 0 Å². The molecule has 0 atom stereocenters. The Kier molecular flexibility index (Phi) is 3.06. The van der Waals surface area contributed by atoms with Crippen LogP contribution < -0.4 is 5.73 Å². The largest absolute Gasteiger partial charge is 0.337 e. The second kappa shape index (κ2) is 4.49. The van der Waals surface area contributed by atoms with Gasteiger partial charge in [-0.25, -0.2) is 4.98 Å². The molecule has 2 N–H and O–H groups in total. The number of aryl methyl sites for hydroxylation is 2. The minimum atomic E-state index is 0.502. The number of hydrogen-bond acceptors (Lipinski definition) is 2. The Bertz CT molecular complexity index is 486. The summed E-state index contributed by atoms with van der Waals surface area (Å²) in [5.74, 6) is 1.06. The zero-order chi connectivity index (χ0) is 11.5. The van der Waals surface area contributed by atoms with E-state index in [1.165, 1.54) is 11.1 Å². The summed E-state index contributed by atoms with van der Waals surface area (Å²) in [4.78, 5) is 4.49. The normalized spacial score (nSPS) is 10.7. The molecule has 0 unspecified atom stereocenters. The monoisotopic (exact) mass is 215 g/mol. The third kappa shape index (κ3) is 2.31. The van der Waals surface area contributed by atoms with Crippen LogP contribution in [0.2, 0.25) is 0 Å². The zero-order valence-electron chi connectivity index (χ0n) is 9.77. The lowest BCUT2D eigenvalue weighted by molar-refractivity contribution is 0.821. The van der Waals surface area contributed by atoms with E-state index in [9.17, 15) is 0 Å². The molecule has 3 nitrogen and oxygen atoms in total. The molecule has 2 rings (SSSR count). The molecule has 0 radical (unpaired) electrons. The fourth-order valence-corrected chi connectivity index (χ4v) is 1.84. The maximum Gasteiger partial charge on any atom is 0.113 e. The van der Waals surface area contributed by atoms with E-state index in [1.54, 1.807) is 0 Å². The highest BCUT2D eigenvalue weighted by Gasteiger charge is 2.05.